The number of rotatable bonds is 3. The third kappa shape index (κ3) is 2.94. The number of alkyl halides is 3. The summed E-state index contributed by atoms with van der Waals surface area (Å²) in [7, 11) is 0. The lowest BCUT2D eigenvalue weighted by Crippen LogP contribution is -2.09. The highest BCUT2D eigenvalue weighted by Crippen LogP contribution is 2.32. The number of hydrogen-bond acceptors (Lipinski definition) is 3. The molecule has 0 spiro atoms. The molecule has 2 aromatic rings. The lowest BCUT2D eigenvalue weighted by molar-refractivity contribution is -0.137. The lowest BCUT2D eigenvalue weighted by Gasteiger charge is -2.16. The minimum Gasteiger partial charge on any atom is -0.472 e. The first-order valence-electron chi connectivity index (χ1n) is 5.82. The topological polar surface area (TPSA) is 49.0 Å². The average molecular weight is 280 g/mol. The molecule has 1 aromatic carbocycles. The fourth-order valence-electron chi connectivity index (χ4n) is 1.78. The van der Waals surface area contributed by atoms with Crippen LogP contribution in [0.4, 0.5) is 18.9 Å². The van der Waals surface area contributed by atoms with E-state index in [-0.39, 0.29) is 11.6 Å². The Hall–Kier alpha value is -2.42. The van der Waals surface area contributed by atoms with Gasteiger partial charge >= 0.3 is 6.18 Å². The van der Waals surface area contributed by atoms with Crippen molar-refractivity contribution in [2.75, 3.05) is 5.32 Å². The molecule has 104 valence electrons. The van der Waals surface area contributed by atoms with Crippen molar-refractivity contribution < 1.29 is 17.6 Å². The van der Waals surface area contributed by atoms with E-state index in [9.17, 15) is 13.2 Å². The second kappa shape index (κ2) is 5.29. The van der Waals surface area contributed by atoms with E-state index in [1.165, 1.54) is 18.6 Å². The molecule has 0 bridgehead atoms. The Balaban J connectivity index is 2.27. The number of nitrogens with zero attached hydrogens (tertiary/aromatic N) is 1. The molecule has 0 aliphatic heterocycles. The standard InChI is InChI=1S/C14H11F3N2O/c1-9(10-4-5-20-8-10)19-13-3-2-12(14(15,16)17)6-11(13)7-18/h2-6,8-9,19H,1H3. The molecule has 0 amide bonds. The summed E-state index contributed by atoms with van der Waals surface area (Å²) in [6.45, 7) is 1.82. The maximum Gasteiger partial charge on any atom is 0.416 e. The number of furan rings is 1. The molecule has 2 rings (SSSR count). The molecule has 6 heteroatoms. The summed E-state index contributed by atoms with van der Waals surface area (Å²) in [5.41, 5.74) is 0.314. The first kappa shape index (κ1) is 14.0. The molecule has 3 nitrogen and oxygen atoms in total. The highest BCUT2D eigenvalue weighted by molar-refractivity contribution is 5.59. The van der Waals surface area contributed by atoms with Crippen LogP contribution in [0.25, 0.3) is 0 Å². The van der Waals surface area contributed by atoms with Crippen LogP contribution in [0, 0.1) is 11.3 Å². The Morgan fingerprint density at radius 2 is 2.05 bits per heavy atom. The molecule has 0 aliphatic rings. The summed E-state index contributed by atoms with van der Waals surface area (Å²) in [5, 5.41) is 12.0. The monoisotopic (exact) mass is 280 g/mol. The van der Waals surface area contributed by atoms with Crippen molar-refractivity contribution in [2.24, 2.45) is 0 Å². The first-order chi connectivity index (χ1) is 9.41. The molecular weight excluding hydrogens is 269 g/mol. The highest BCUT2D eigenvalue weighted by atomic mass is 19.4. The normalized spacial score (nSPS) is 12.8. The van der Waals surface area contributed by atoms with E-state index in [0.717, 1.165) is 17.7 Å². The van der Waals surface area contributed by atoms with E-state index in [1.54, 1.807) is 12.1 Å². The number of nitriles is 1. The number of benzene rings is 1. The molecular formula is C14H11F3N2O. The van der Waals surface area contributed by atoms with Gasteiger partial charge in [0.1, 0.15) is 6.07 Å². The third-order valence-corrected chi connectivity index (χ3v) is 2.88. The van der Waals surface area contributed by atoms with Crippen molar-refractivity contribution in [3.8, 4) is 6.07 Å². The molecule has 1 unspecified atom stereocenters. The van der Waals surface area contributed by atoms with E-state index in [4.69, 9.17) is 9.68 Å². The zero-order valence-electron chi connectivity index (χ0n) is 10.5. The summed E-state index contributed by atoms with van der Waals surface area (Å²) in [5.74, 6) is 0. The predicted molar refractivity (Wildman–Crippen MR) is 66.9 cm³/mol. The van der Waals surface area contributed by atoms with Crippen molar-refractivity contribution in [2.45, 2.75) is 19.1 Å². The third-order valence-electron chi connectivity index (χ3n) is 2.88. The fourth-order valence-corrected chi connectivity index (χ4v) is 1.78. The zero-order valence-corrected chi connectivity index (χ0v) is 10.5. The van der Waals surface area contributed by atoms with Crippen molar-refractivity contribution in [1.82, 2.24) is 0 Å². The Bertz CT molecular complexity index is 627. The van der Waals surface area contributed by atoms with Gasteiger partial charge in [-0.3, -0.25) is 0 Å². The van der Waals surface area contributed by atoms with Crippen molar-refractivity contribution in [1.29, 1.82) is 5.26 Å². The van der Waals surface area contributed by atoms with Crippen LogP contribution < -0.4 is 5.32 Å². The highest BCUT2D eigenvalue weighted by Gasteiger charge is 2.31. The molecule has 0 fully saturated rings. The smallest absolute Gasteiger partial charge is 0.416 e. The van der Waals surface area contributed by atoms with Crippen LogP contribution in [0.15, 0.2) is 41.2 Å². The first-order valence-corrected chi connectivity index (χ1v) is 5.82. The molecule has 0 saturated heterocycles. The van der Waals surface area contributed by atoms with Gasteiger partial charge in [-0.2, -0.15) is 18.4 Å². The predicted octanol–water partition coefficient (Wildman–Crippen LogP) is 4.34. The van der Waals surface area contributed by atoms with Gasteiger partial charge in [-0.25, -0.2) is 0 Å². The van der Waals surface area contributed by atoms with Gasteiger partial charge in [-0.15, -0.1) is 0 Å². The number of hydrogen-bond donors (Lipinski definition) is 1. The Morgan fingerprint density at radius 3 is 2.60 bits per heavy atom. The van der Waals surface area contributed by atoms with Crippen molar-refractivity contribution in [3.63, 3.8) is 0 Å². The van der Waals surface area contributed by atoms with Crippen LogP contribution in [0.3, 0.4) is 0 Å². The van der Waals surface area contributed by atoms with Crippen LogP contribution in [0.1, 0.15) is 29.7 Å². The number of anilines is 1. The van der Waals surface area contributed by atoms with Gasteiger partial charge in [0, 0.05) is 5.56 Å². The summed E-state index contributed by atoms with van der Waals surface area (Å²) in [4.78, 5) is 0. The van der Waals surface area contributed by atoms with Gasteiger partial charge in [-0.1, -0.05) is 0 Å². The van der Waals surface area contributed by atoms with Gasteiger partial charge in [-0.05, 0) is 31.2 Å². The Labute approximate surface area is 113 Å². The Morgan fingerprint density at radius 1 is 1.30 bits per heavy atom. The second-order valence-corrected chi connectivity index (χ2v) is 4.29. The summed E-state index contributed by atoms with van der Waals surface area (Å²) in [6.07, 6.45) is -1.42. The molecule has 0 saturated carbocycles. The molecule has 0 radical (unpaired) electrons. The molecule has 1 N–H and O–H groups in total. The van der Waals surface area contributed by atoms with Gasteiger partial charge in [0.15, 0.2) is 0 Å². The van der Waals surface area contributed by atoms with Gasteiger partial charge < -0.3 is 9.73 Å². The van der Waals surface area contributed by atoms with Crippen molar-refractivity contribution in [3.05, 3.63) is 53.5 Å². The lowest BCUT2D eigenvalue weighted by atomic mass is 10.1. The minimum absolute atomic E-state index is 0.0461. The molecule has 1 atom stereocenters. The van der Waals surface area contributed by atoms with Crippen molar-refractivity contribution >= 4 is 5.69 Å². The van der Waals surface area contributed by atoms with Crippen LogP contribution >= 0.6 is 0 Å². The summed E-state index contributed by atoms with van der Waals surface area (Å²) < 4.78 is 42.7. The second-order valence-electron chi connectivity index (χ2n) is 4.29. The van der Waals surface area contributed by atoms with Crippen LogP contribution in [-0.4, -0.2) is 0 Å². The number of halogens is 3. The van der Waals surface area contributed by atoms with E-state index in [0.29, 0.717) is 5.69 Å². The average Bonchev–Trinajstić information content (AvgIpc) is 2.91. The SMILES string of the molecule is CC(Nc1ccc(C(F)(F)F)cc1C#N)c1ccoc1. The Kier molecular flexibility index (Phi) is 3.70. The largest absolute Gasteiger partial charge is 0.472 e. The quantitative estimate of drug-likeness (QED) is 0.909. The summed E-state index contributed by atoms with van der Waals surface area (Å²) >= 11 is 0. The van der Waals surface area contributed by atoms with E-state index in [1.807, 2.05) is 6.92 Å². The molecule has 0 aliphatic carbocycles. The van der Waals surface area contributed by atoms with E-state index in [2.05, 4.69) is 5.32 Å². The maximum absolute atomic E-state index is 12.6. The molecule has 1 aromatic heterocycles. The van der Waals surface area contributed by atoms with Gasteiger partial charge in [0.05, 0.1) is 35.4 Å². The summed E-state index contributed by atoms with van der Waals surface area (Å²) in [6, 6.07) is 6.38. The van der Waals surface area contributed by atoms with Crippen LogP contribution in [0.5, 0.6) is 0 Å². The fraction of sp³-hybridized carbons (Fsp3) is 0.214. The van der Waals surface area contributed by atoms with Gasteiger partial charge in [0.2, 0.25) is 0 Å². The van der Waals surface area contributed by atoms with Crippen LogP contribution in [0.2, 0.25) is 0 Å². The minimum atomic E-state index is -4.46. The molecule has 1 heterocycles. The van der Waals surface area contributed by atoms with Gasteiger partial charge in [0.25, 0.3) is 0 Å². The zero-order chi connectivity index (χ0) is 14.8. The molecule has 20 heavy (non-hydrogen) atoms. The van der Waals surface area contributed by atoms with E-state index < -0.39 is 11.7 Å². The number of nitrogens with one attached hydrogen (secondary N) is 1. The van der Waals surface area contributed by atoms with Crippen LogP contribution in [-0.2, 0) is 6.18 Å². The maximum atomic E-state index is 12.6. The van der Waals surface area contributed by atoms with E-state index >= 15 is 0 Å².